The number of nitrogens with one attached hydrogen (secondary N) is 1. The number of carbonyl (C=O) groups excluding carboxylic acids is 1. The summed E-state index contributed by atoms with van der Waals surface area (Å²) in [6.45, 7) is 5.05. The summed E-state index contributed by atoms with van der Waals surface area (Å²) in [5.41, 5.74) is -0.657. The lowest BCUT2D eigenvalue weighted by Crippen LogP contribution is -2.50. The van der Waals surface area contributed by atoms with E-state index < -0.39 is 17.4 Å². The number of rotatable bonds is 7. The number of halogens is 1. The third kappa shape index (κ3) is 4.82. The van der Waals surface area contributed by atoms with Gasteiger partial charge in [-0.3, -0.25) is 9.59 Å². The molecule has 1 aliphatic rings. The number of aromatic nitrogens is 1. The van der Waals surface area contributed by atoms with Gasteiger partial charge in [-0.1, -0.05) is 25.4 Å². The van der Waals surface area contributed by atoms with E-state index in [4.69, 9.17) is 26.2 Å². The van der Waals surface area contributed by atoms with Gasteiger partial charge in [-0.05, 0) is 18.4 Å². The van der Waals surface area contributed by atoms with E-state index in [1.807, 2.05) is 13.8 Å². The van der Waals surface area contributed by atoms with Crippen molar-refractivity contribution in [3.05, 3.63) is 22.8 Å². The van der Waals surface area contributed by atoms with Crippen molar-refractivity contribution in [2.45, 2.75) is 32.2 Å². The Kier molecular flexibility index (Phi) is 6.01. The summed E-state index contributed by atoms with van der Waals surface area (Å²) in [7, 11) is 0. The van der Waals surface area contributed by atoms with Gasteiger partial charge in [0.05, 0.1) is 30.7 Å². The number of nitrogens with zero attached hydrogens (tertiary/aromatic N) is 1. The third-order valence-corrected chi connectivity index (χ3v) is 3.87. The quantitative estimate of drug-likeness (QED) is 0.776. The molecule has 7 nitrogen and oxygen atoms in total. The van der Waals surface area contributed by atoms with Crippen molar-refractivity contribution < 1.29 is 24.2 Å². The summed E-state index contributed by atoms with van der Waals surface area (Å²) in [5.74, 6) is -0.837. The number of hydrogen-bond acceptors (Lipinski definition) is 5. The lowest BCUT2D eigenvalue weighted by Gasteiger charge is -2.27. The van der Waals surface area contributed by atoms with Gasteiger partial charge in [0.2, 0.25) is 5.88 Å². The van der Waals surface area contributed by atoms with Crippen molar-refractivity contribution in [1.82, 2.24) is 10.3 Å². The second kappa shape index (κ2) is 7.81. The molecule has 0 radical (unpaired) electrons. The predicted molar refractivity (Wildman–Crippen MR) is 87.5 cm³/mol. The van der Waals surface area contributed by atoms with Gasteiger partial charge in [0, 0.05) is 12.8 Å². The number of carboxylic acid groups (broad SMARTS) is 1. The maximum absolute atomic E-state index is 12.4. The fourth-order valence-electron chi connectivity index (χ4n) is 2.39. The Labute approximate surface area is 145 Å². The summed E-state index contributed by atoms with van der Waals surface area (Å²) in [6.07, 6.45) is 1.61. The van der Waals surface area contributed by atoms with Crippen LogP contribution >= 0.6 is 11.6 Å². The van der Waals surface area contributed by atoms with Gasteiger partial charge >= 0.3 is 5.97 Å². The molecule has 2 N–H and O–H groups in total. The van der Waals surface area contributed by atoms with E-state index >= 15 is 0 Å². The van der Waals surface area contributed by atoms with E-state index in [1.54, 1.807) is 0 Å². The smallest absolute Gasteiger partial charge is 0.305 e. The van der Waals surface area contributed by atoms with Gasteiger partial charge in [-0.25, -0.2) is 4.98 Å². The molecule has 1 unspecified atom stereocenters. The molecule has 1 saturated heterocycles. The zero-order valence-corrected chi connectivity index (χ0v) is 14.4. The highest BCUT2D eigenvalue weighted by atomic mass is 35.5. The zero-order chi connectivity index (χ0) is 17.7. The molecule has 2 heterocycles. The molecule has 1 amide bonds. The van der Waals surface area contributed by atoms with Crippen LogP contribution in [0.3, 0.4) is 0 Å². The fraction of sp³-hybridized carbons (Fsp3) is 0.562. The van der Waals surface area contributed by atoms with E-state index in [2.05, 4.69) is 10.3 Å². The van der Waals surface area contributed by atoms with Crippen molar-refractivity contribution in [2.24, 2.45) is 5.92 Å². The van der Waals surface area contributed by atoms with Gasteiger partial charge in [-0.15, -0.1) is 0 Å². The first kappa shape index (κ1) is 18.5. The number of pyridine rings is 1. The first-order valence-corrected chi connectivity index (χ1v) is 8.09. The van der Waals surface area contributed by atoms with Crippen molar-refractivity contribution in [2.75, 3.05) is 19.8 Å². The molecule has 132 valence electrons. The fourth-order valence-corrected chi connectivity index (χ4v) is 2.61. The van der Waals surface area contributed by atoms with Crippen LogP contribution in [0.15, 0.2) is 12.3 Å². The molecule has 2 rings (SSSR count). The summed E-state index contributed by atoms with van der Waals surface area (Å²) in [4.78, 5) is 27.5. The van der Waals surface area contributed by atoms with Crippen molar-refractivity contribution in [1.29, 1.82) is 0 Å². The Morgan fingerprint density at radius 3 is 2.83 bits per heavy atom. The van der Waals surface area contributed by atoms with E-state index in [0.717, 1.165) is 0 Å². The second-order valence-corrected chi connectivity index (χ2v) is 6.73. The van der Waals surface area contributed by atoms with Crippen molar-refractivity contribution >= 4 is 23.5 Å². The Bertz CT molecular complexity index is 614. The van der Waals surface area contributed by atoms with Crippen LogP contribution in [0.25, 0.3) is 0 Å². The highest BCUT2D eigenvalue weighted by Gasteiger charge is 2.38. The van der Waals surface area contributed by atoms with Crippen molar-refractivity contribution in [3.8, 4) is 5.88 Å². The molecule has 0 aromatic carbocycles. The molecule has 24 heavy (non-hydrogen) atoms. The number of carbonyl (C=O) groups is 2. The van der Waals surface area contributed by atoms with E-state index in [1.165, 1.54) is 12.3 Å². The largest absolute Gasteiger partial charge is 0.481 e. The van der Waals surface area contributed by atoms with Crippen LogP contribution in [-0.2, 0) is 9.53 Å². The van der Waals surface area contributed by atoms with Gasteiger partial charge in [0.15, 0.2) is 0 Å². The van der Waals surface area contributed by atoms with Gasteiger partial charge in [0.1, 0.15) is 5.02 Å². The molecule has 0 spiro atoms. The maximum atomic E-state index is 12.4. The maximum Gasteiger partial charge on any atom is 0.305 e. The molecule has 1 aromatic heterocycles. The van der Waals surface area contributed by atoms with E-state index in [9.17, 15) is 9.59 Å². The number of aliphatic carboxylic acids is 1. The summed E-state index contributed by atoms with van der Waals surface area (Å²) in [5, 5.41) is 12.0. The topological polar surface area (TPSA) is 97.8 Å². The van der Waals surface area contributed by atoms with Crippen LogP contribution in [0.5, 0.6) is 5.88 Å². The average molecular weight is 357 g/mol. The number of ether oxygens (including phenoxy) is 2. The highest BCUT2D eigenvalue weighted by molar-refractivity contribution is 6.32. The zero-order valence-electron chi connectivity index (χ0n) is 13.7. The molecule has 1 aliphatic heterocycles. The molecule has 0 aliphatic carbocycles. The Morgan fingerprint density at radius 1 is 1.54 bits per heavy atom. The minimum atomic E-state index is -0.991. The van der Waals surface area contributed by atoms with E-state index in [-0.39, 0.29) is 29.5 Å². The van der Waals surface area contributed by atoms with Gasteiger partial charge < -0.3 is 19.9 Å². The standard InChI is InChI=1S/C16H21ClN2O5/c1-10(2)8-24-15-12(17)5-11(7-18-15)14(22)19-16(6-13(20)21)3-4-23-9-16/h5,7,10H,3-4,6,8-9H2,1-2H3,(H,19,22)(H,20,21). The minimum absolute atomic E-state index is 0.168. The Hall–Kier alpha value is -1.86. The average Bonchev–Trinajstić information content (AvgIpc) is 2.92. The van der Waals surface area contributed by atoms with E-state index in [0.29, 0.717) is 25.6 Å². The lowest BCUT2D eigenvalue weighted by atomic mass is 9.94. The molecule has 0 bridgehead atoms. The summed E-state index contributed by atoms with van der Waals surface area (Å²) >= 11 is 6.11. The summed E-state index contributed by atoms with van der Waals surface area (Å²) in [6, 6.07) is 1.46. The first-order chi connectivity index (χ1) is 11.3. The molecular formula is C16H21ClN2O5. The van der Waals surface area contributed by atoms with Crippen LogP contribution < -0.4 is 10.1 Å². The van der Waals surface area contributed by atoms with Gasteiger partial charge in [0.25, 0.3) is 5.91 Å². The van der Waals surface area contributed by atoms with Crippen LogP contribution in [0.4, 0.5) is 0 Å². The van der Waals surface area contributed by atoms with Crippen LogP contribution in [0, 0.1) is 5.92 Å². The molecular weight excluding hydrogens is 336 g/mol. The molecule has 0 saturated carbocycles. The van der Waals surface area contributed by atoms with Crippen LogP contribution in [-0.4, -0.2) is 47.3 Å². The lowest BCUT2D eigenvalue weighted by molar-refractivity contribution is -0.138. The number of hydrogen-bond donors (Lipinski definition) is 2. The third-order valence-electron chi connectivity index (χ3n) is 3.59. The minimum Gasteiger partial charge on any atom is -0.481 e. The van der Waals surface area contributed by atoms with Crippen LogP contribution in [0.2, 0.25) is 5.02 Å². The second-order valence-electron chi connectivity index (χ2n) is 6.32. The monoisotopic (exact) mass is 356 g/mol. The van der Waals surface area contributed by atoms with Gasteiger partial charge in [-0.2, -0.15) is 0 Å². The summed E-state index contributed by atoms with van der Waals surface area (Å²) < 4.78 is 10.7. The SMILES string of the molecule is CC(C)COc1ncc(C(=O)NC2(CC(=O)O)CCOC2)cc1Cl. The van der Waals surface area contributed by atoms with Crippen molar-refractivity contribution in [3.63, 3.8) is 0 Å². The number of amides is 1. The molecule has 8 heteroatoms. The molecule has 1 atom stereocenters. The molecule has 1 aromatic rings. The highest BCUT2D eigenvalue weighted by Crippen LogP contribution is 2.26. The predicted octanol–water partition coefficient (Wildman–Crippen LogP) is 2.13. The Morgan fingerprint density at radius 2 is 2.29 bits per heavy atom. The number of carboxylic acids is 1. The normalized spacial score (nSPS) is 20.2. The molecule has 1 fully saturated rings. The first-order valence-electron chi connectivity index (χ1n) is 7.72. The van der Waals surface area contributed by atoms with Crippen LogP contribution in [0.1, 0.15) is 37.0 Å². The Balaban J connectivity index is 2.08.